The molecule has 1 aromatic carbocycles. The van der Waals surface area contributed by atoms with E-state index in [-0.39, 0.29) is 22.8 Å². The van der Waals surface area contributed by atoms with Gasteiger partial charge in [0.2, 0.25) is 0 Å². The van der Waals surface area contributed by atoms with Crippen LogP contribution in [0, 0.1) is 0 Å². The van der Waals surface area contributed by atoms with E-state index in [1.807, 2.05) is 0 Å². The minimum Gasteiger partial charge on any atom is -0.467 e. The quantitative estimate of drug-likeness (QED) is 0.877. The Kier molecular flexibility index (Phi) is 5.20. The molecule has 0 saturated carbocycles. The van der Waals surface area contributed by atoms with Crippen molar-refractivity contribution in [2.75, 3.05) is 19.5 Å². The molecule has 0 unspecified atom stereocenters. The van der Waals surface area contributed by atoms with E-state index in [2.05, 4.69) is 20.6 Å². The Bertz CT molecular complexity index is 792. The van der Waals surface area contributed by atoms with Crippen molar-refractivity contribution < 1.29 is 27.5 Å². The molecule has 0 saturated heterocycles. The lowest BCUT2D eigenvalue weighted by Gasteiger charge is -2.12. The number of nitrogens with zero attached hydrogens (tertiary/aromatic N) is 2. The summed E-state index contributed by atoms with van der Waals surface area (Å²) in [6.07, 6.45) is -2.35. The summed E-state index contributed by atoms with van der Waals surface area (Å²) in [4.78, 5) is 31.2. The standard InChI is InChI=1S/C15H13F3N4O3/c1-19-12(23)8-3-10(15(16,17)18)5-11(4-8)22-13(24)9-6-20-14(25-2)21-7-9/h3-7H,1-2H3,(H,19,23)(H,22,24). The first-order valence-electron chi connectivity index (χ1n) is 6.86. The average molecular weight is 354 g/mol. The summed E-state index contributed by atoms with van der Waals surface area (Å²) >= 11 is 0. The van der Waals surface area contributed by atoms with Crippen molar-refractivity contribution in [1.29, 1.82) is 0 Å². The molecule has 132 valence electrons. The Morgan fingerprint density at radius 1 is 1.04 bits per heavy atom. The number of amides is 2. The van der Waals surface area contributed by atoms with Crippen LogP contribution in [0.3, 0.4) is 0 Å². The van der Waals surface area contributed by atoms with Crippen LogP contribution in [0.1, 0.15) is 26.3 Å². The molecule has 0 radical (unpaired) electrons. The van der Waals surface area contributed by atoms with E-state index in [9.17, 15) is 22.8 Å². The summed E-state index contributed by atoms with van der Waals surface area (Å²) in [6.45, 7) is 0. The van der Waals surface area contributed by atoms with Crippen molar-refractivity contribution >= 4 is 17.5 Å². The summed E-state index contributed by atoms with van der Waals surface area (Å²) in [5, 5.41) is 4.52. The van der Waals surface area contributed by atoms with E-state index < -0.39 is 23.6 Å². The third-order valence-electron chi connectivity index (χ3n) is 3.08. The highest BCUT2D eigenvalue weighted by atomic mass is 19.4. The molecular formula is C15H13F3N4O3. The van der Waals surface area contributed by atoms with Crippen LogP contribution in [0.25, 0.3) is 0 Å². The van der Waals surface area contributed by atoms with Crippen molar-refractivity contribution in [1.82, 2.24) is 15.3 Å². The normalized spacial score (nSPS) is 10.9. The maximum atomic E-state index is 13.0. The van der Waals surface area contributed by atoms with Crippen molar-refractivity contribution in [2.24, 2.45) is 0 Å². The summed E-state index contributed by atoms with van der Waals surface area (Å²) in [5.74, 6) is -1.45. The first kappa shape index (κ1) is 18.2. The Labute approximate surface area is 140 Å². The minimum absolute atomic E-state index is 0.0136. The van der Waals surface area contributed by atoms with Gasteiger partial charge in [0.1, 0.15) is 0 Å². The Morgan fingerprint density at radius 3 is 2.20 bits per heavy atom. The fourth-order valence-electron chi connectivity index (χ4n) is 1.88. The first-order chi connectivity index (χ1) is 11.7. The number of aromatic nitrogens is 2. The minimum atomic E-state index is -4.67. The van der Waals surface area contributed by atoms with Crippen molar-refractivity contribution in [3.8, 4) is 6.01 Å². The molecule has 0 atom stereocenters. The summed E-state index contributed by atoms with van der Waals surface area (Å²) in [6, 6.07) is 2.60. The lowest BCUT2D eigenvalue weighted by molar-refractivity contribution is -0.137. The van der Waals surface area contributed by atoms with Gasteiger partial charge >= 0.3 is 12.2 Å². The van der Waals surface area contributed by atoms with Crippen molar-refractivity contribution in [2.45, 2.75) is 6.18 Å². The van der Waals surface area contributed by atoms with E-state index >= 15 is 0 Å². The Balaban J connectivity index is 2.33. The number of rotatable bonds is 4. The molecule has 7 nitrogen and oxygen atoms in total. The zero-order chi connectivity index (χ0) is 18.6. The number of methoxy groups -OCH3 is 1. The molecule has 0 aliphatic rings. The number of anilines is 1. The van der Waals surface area contributed by atoms with E-state index in [0.29, 0.717) is 6.07 Å². The third-order valence-corrected chi connectivity index (χ3v) is 3.08. The zero-order valence-electron chi connectivity index (χ0n) is 13.1. The Morgan fingerprint density at radius 2 is 1.68 bits per heavy atom. The molecule has 1 aromatic heterocycles. The van der Waals surface area contributed by atoms with Gasteiger partial charge < -0.3 is 15.4 Å². The number of halogens is 3. The van der Waals surface area contributed by atoms with Gasteiger partial charge in [0, 0.05) is 30.7 Å². The number of ether oxygens (including phenoxy) is 1. The molecule has 1 heterocycles. The van der Waals surface area contributed by atoms with Gasteiger partial charge in [-0.1, -0.05) is 0 Å². The molecule has 2 rings (SSSR count). The van der Waals surface area contributed by atoms with Crippen molar-refractivity contribution in [3.63, 3.8) is 0 Å². The molecule has 0 spiro atoms. The van der Waals surface area contributed by atoms with Gasteiger partial charge in [-0.2, -0.15) is 13.2 Å². The average Bonchev–Trinajstić information content (AvgIpc) is 2.60. The van der Waals surface area contributed by atoms with E-state index in [1.54, 1.807) is 0 Å². The molecule has 0 bridgehead atoms. The van der Waals surface area contributed by atoms with E-state index in [4.69, 9.17) is 4.74 Å². The number of hydrogen-bond donors (Lipinski definition) is 2. The van der Waals surface area contributed by atoms with Crippen LogP contribution in [0.4, 0.5) is 18.9 Å². The number of alkyl halides is 3. The molecule has 2 aromatic rings. The van der Waals surface area contributed by atoms with Crippen molar-refractivity contribution in [3.05, 3.63) is 47.3 Å². The number of carbonyl (C=O) groups is 2. The van der Waals surface area contributed by atoms with Crippen LogP contribution in [0.15, 0.2) is 30.6 Å². The lowest BCUT2D eigenvalue weighted by atomic mass is 10.1. The Hall–Kier alpha value is -3.17. The van der Waals surface area contributed by atoms with Gasteiger partial charge in [-0.05, 0) is 18.2 Å². The first-order valence-corrected chi connectivity index (χ1v) is 6.86. The lowest BCUT2D eigenvalue weighted by Crippen LogP contribution is -2.20. The molecule has 25 heavy (non-hydrogen) atoms. The molecule has 0 aliphatic carbocycles. The van der Waals surface area contributed by atoms with Crippen LogP contribution >= 0.6 is 0 Å². The molecule has 2 N–H and O–H groups in total. The molecule has 10 heteroatoms. The number of hydrogen-bond acceptors (Lipinski definition) is 5. The fraction of sp³-hybridized carbons (Fsp3) is 0.200. The predicted octanol–water partition coefficient (Wildman–Crippen LogP) is 2.12. The number of nitrogens with one attached hydrogen (secondary N) is 2. The van der Waals surface area contributed by atoms with Crippen LogP contribution in [0.2, 0.25) is 0 Å². The van der Waals surface area contributed by atoms with Gasteiger partial charge in [-0.3, -0.25) is 9.59 Å². The summed E-state index contributed by atoms with van der Waals surface area (Å²) < 4.78 is 43.7. The predicted molar refractivity (Wildman–Crippen MR) is 81.4 cm³/mol. The SMILES string of the molecule is CNC(=O)c1cc(NC(=O)c2cnc(OC)nc2)cc(C(F)(F)F)c1. The molecule has 2 amide bonds. The van der Waals surface area contributed by atoms with Gasteiger partial charge in [0.25, 0.3) is 11.8 Å². The second kappa shape index (κ2) is 7.16. The maximum Gasteiger partial charge on any atom is 0.416 e. The van der Waals surface area contributed by atoms with Crippen LogP contribution in [-0.2, 0) is 6.18 Å². The van der Waals surface area contributed by atoms with E-state index in [1.165, 1.54) is 14.2 Å². The third kappa shape index (κ3) is 4.43. The van der Waals surface area contributed by atoms with Crippen LogP contribution < -0.4 is 15.4 Å². The van der Waals surface area contributed by atoms with Gasteiger partial charge in [0.15, 0.2) is 0 Å². The monoisotopic (exact) mass is 354 g/mol. The molecule has 0 aliphatic heterocycles. The topological polar surface area (TPSA) is 93.2 Å². The summed E-state index contributed by atoms with van der Waals surface area (Å²) in [5.41, 5.74) is -1.47. The highest BCUT2D eigenvalue weighted by Gasteiger charge is 2.32. The highest BCUT2D eigenvalue weighted by molar-refractivity contribution is 6.04. The van der Waals surface area contributed by atoms with E-state index in [0.717, 1.165) is 24.5 Å². The molecule has 0 fully saturated rings. The van der Waals surface area contributed by atoms with Gasteiger partial charge in [0.05, 0.1) is 18.2 Å². The largest absolute Gasteiger partial charge is 0.467 e. The maximum absolute atomic E-state index is 13.0. The van der Waals surface area contributed by atoms with Crippen LogP contribution in [-0.4, -0.2) is 35.9 Å². The zero-order valence-corrected chi connectivity index (χ0v) is 13.1. The second-order valence-corrected chi connectivity index (χ2v) is 4.79. The van der Waals surface area contributed by atoms with Gasteiger partial charge in [-0.25, -0.2) is 9.97 Å². The second-order valence-electron chi connectivity index (χ2n) is 4.79. The van der Waals surface area contributed by atoms with Gasteiger partial charge in [-0.15, -0.1) is 0 Å². The fourth-order valence-corrected chi connectivity index (χ4v) is 1.88. The van der Waals surface area contributed by atoms with Crippen LogP contribution in [0.5, 0.6) is 6.01 Å². The number of carbonyl (C=O) groups excluding carboxylic acids is 2. The highest BCUT2D eigenvalue weighted by Crippen LogP contribution is 2.32. The number of benzene rings is 1. The smallest absolute Gasteiger partial charge is 0.416 e. The summed E-state index contributed by atoms with van der Waals surface area (Å²) in [7, 11) is 2.63. The molecular weight excluding hydrogens is 341 g/mol.